The van der Waals surface area contributed by atoms with Crippen molar-refractivity contribution in [2.75, 3.05) is 13.6 Å². The van der Waals surface area contributed by atoms with E-state index in [0.29, 0.717) is 13.0 Å². The summed E-state index contributed by atoms with van der Waals surface area (Å²) in [6.45, 7) is 8.04. The lowest BCUT2D eigenvalue weighted by molar-refractivity contribution is -0.138. The van der Waals surface area contributed by atoms with Crippen molar-refractivity contribution >= 4 is 5.91 Å². The quantitative estimate of drug-likeness (QED) is 0.722. The molecule has 0 saturated carbocycles. The minimum absolute atomic E-state index is 0.119. The monoisotopic (exact) mass is 187 g/mol. The van der Waals surface area contributed by atoms with E-state index in [0.717, 1.165) is 0 Å². The van der Waals surface area contributed by atoms with Crippen molar-refractivity contribution < 1.29 is 9.90 Å². The van der Waals surface area contributed by atoms with Gasteiger partial charge < -0.3 is 10.0 Å². The molecule has 1 amide bonds. The second kappa shape index (κ2) is 4.61. The summed E-state index contributed by atoms with van der Waals surface area (Å²) < 4.78 is 0. The summed E-state index contributed by atoms with van der Waals surface area (Å²) in [7, 11) is 1.77. The van der Waals surface area contributed by atoms with Gasteiger partial charge >= 0.3 is 0 Å². The van der Waals surface area contributed by atoms with Crippen molar-refractivity contribution in [2.45, 2.75) is 40.2 Å². The first kappa shape index (κ1) is 12.4. The van der Waals surface area contributed by atoms with Crippen LogP contribution in [0.2, 0.25) is 0 Å². The molecule has 3 heteroatoms. The van der Waals surface area contributed by atoms with Crippen LogP contribution < -0.4 is 0 Å². The lowest BCUT2D eigenvalue weighted by atomic mass is 9.95. The van der Waals surface area contributed by atoms with Crippen LogP contribution in [-0.2, 0) is 4.79 Å². The van der Waals surface area contributed by atoms with Crippen LogP contribution >= 0.6 is 0 Å². The summed E-state index contributed by atoms with van der Waals surface area (Å²) in [6, 6.07) is 0. The highest BCUT2D eigenvalue weighted by molar-refractivity contribution is 5.81. The van der Waals surface area contributed by atoms with Crippen molar-refractivity contribution in [2.24, 2.45) is 5.41 Å². The van der Waals surface area contributed by atoms with E-state index in [9.17, 15) is 4.79 Å². The Labute approximate surface area is 80.7 Å². The molecule has 1 atom stereocenters. The average Bonchev–Trinajstić information content (AvgIpc) is 1.96. The number of amides is 1. The summed E-state index contributed by atoms with van der Waals surface area (Å²) in [5.74, 6) is 0.119. The van der Waals surface area contributed by atoms with Crippen LogP contribution in [0.3, 0.4) is 0 Å². The zero-order chi connectivity index (χ0) is 10.6. The first-order chi connectivity index (χ1) is 5.75. The molecule has 3 nitrogen and oxygen atoms in total. The van der Waals surface area contributed by atoms with Crippen molar-refractivity contribution in [1.29, 1.82) is 0 Å². The highest BCUT2D eigenvalue weighted by atomic mass is 16.3. The second-order valence-electron chi connectivity index (χ2n) is 4.61. The van der Waals surface area contributed by atoms with E-state index in [-0.39, 0.29) is 17.4 Å². The second-order valence-corrected chi connectivity index (χ2v) is 4.61. The van der Waals surface area contributed by atoms with E-state index in [1.807, 2.05) is 20.8 Å². The van der Waals surface area contributed by atoms with E-state index in [1.165, 1.54) is 0 Å². The molecule has 0 aliphatic heterocycles. The molecular weight excluding hydrogens is 166 g/mol. The Morgan fingerprint density at radius 1 is 1.46 bits per heavy atom. The number of hydrogen-bond donors (Lipinski definition) is 1. The Morgan fingerprint density at radius 2 is 1.92 bits per heavy atom. The van der Waals surface area contributed by atoms with E-state index in [1.54, 1.807) is 18.9 Å². The molecule has 0 aliphatic rings. The van der Waals surface area contributed by atoms with Crippen molar-refractivity contribution in [3.05, 3.63) is 0 Å². The smallest absolute Gasteiger partial charge is 0.227 e. The molecule has 0 spiro atoms. The van der Waals surface area contributed by atoms with Crippen LogP contribution in [0.25, 0.3) is 0 Å². The Hall–Kier alpha value is -0.570. The van der Waals surface area contributed by atoms with Gasteiger partial charge in [0.15, 0.2) is 0 Å². The topological polar surface area (TPSA) is 40.5 Å². The van der Waals surface area contributed by atoms with Crippen LogP contribution in [-0.4, -0.2) is 35.6 Å². The molecule has 0 aromatic heterocycles. The van der Waals surface area contributed by atoms with Crippen LogP contribution in [0.1, 0.15) is 34.1 Å². The number of carbonyl (C=O) groups is 1. The molecule has 0 saturated heterocycles. The van der Waals surface area contributed by atoms with Gasteiger partial charge in [0, 0.05) is 19.0 Å². The van der Waals surface area contributed by atoms with Crippen molar-refractivity contribution in [3.8, 4) is 0 Å². The van der Waals surface area contributed by atoms with Gasteiger partial charge in [0.25, 0.3) is 0 Å². The maximum absolute atomic E-state index is 11.6. The highest BCUT2D eigenvalue weighted by Gasteiger charge is 2.24. The lowest BCUT2D eigenvalue weighted by Crippen LogP contribution is -2.37. The fourth-order valence-electron chi connectivity index (χ4n) is 1.05. The van der Waals surface area contributed by atoms with Gasteiger partial charge in [0.1, 0.15) is 0 Å². The molecule has 1 N–H and O–H groups in total. The summed E-state index contributed by atoms with van der Waals surface area (Å²) in [5, 5.41) is 9.05. The molecule has 0 bridgehead atoms. The average molecular weight is 187 g/mol. The van der Waals surface area contributed by atoms with Crippen molar-refractivity contribution in [1.82, 2.24) is 4.90 Å². The molecule has 0 aromatic rings. The predicted octanol–water partition coefficient (Wildman–Crippen LogP) is 1.26. The molecule has 78 valence electrons. The van der Waals surface area contributed by atoms with Gasteiger partial charge in [0.2, 0.25) is 5.91 Å². The standard InChI is InChI=1S/C10H21NO2/c1-8(12)6-7-11(5)9(13)10(2,3)4/h8,12H,6-7H2,1-5H3. The Balaban J connectivity index is 3.98. The largest absolute Gasteiger partial charge is 0.393 e. The number of aliphatic hydroxyl groups excluding tert-OH is 1. The van der Waals surface area contributed by atoms with Crippen LogP contribution in [0.15, 0.2) is 0 Å². The van der Waals surface area contributed by atoms with Gasteiger partial charge in [-0.15, -0.1) is 0 Å². The van der Waals surface area contributed by atoms with Gasteiger partial charge in [-0.2, -0.15) is 0 Å². The maximum Gasteiger partial charge on any atom is 0.227 e. The van der Waals surface area contributed by atoms with E-state index in [4.69, 9.17) is 5.11 Å². The Bertz CT molecular complexity index is 170. The third-order valence-electron chi connectivity index (χ3n) is 1.87. The molecule has 0 radical (unpaired) electrons. The zero-order valence-electron chi connectivity index (χ0n) is 9.29. The normalized spacial score (nSPS) is 14.0. The molecular formula is C10H21NO2. The van der Waals surface area contributed by atoms with Gasteiger partial charge in [-0.25, -0.2) is 0 Å². The van der Waals surface area contributed by atoms with Gasteiger partial charge in [-0.1, -0.05) is 20.8 Å². The molecule has 0 aliphatic carbocycles. The van der Waals surface area contributed by atoms with E-state index >= 15 is 0 Å². The third-order valence-corrected chi connectivity index (χ3v) is 1.87. The maximum atomic E-state index is 11.6. The molecule has 0 aromatic carbocycles. The fraction of sp³-hybridized carbons (Fsp3) is 0.900. The first-order valence-electron chi connectivity index (χ1n) is 4.68. The molecule has 0 rings (SSSR count). The number of aliphatic hydroxyl groups is 1. The minimum atomic E-state index is -0.338. The van der Waals surface area contributed by atoms with Crippen LogP contribution in [0.4, 0.5) is 0 Å². The van der Waals surface area contributed by atoms with Gasteiger partial charge in [-0.05, 0) is 13.3 Å². The summed E-state index contributed by atoms with van der Waals surface area (Å²) in [4.78, 5) is 13.3. The van der Waals surface area contributed by atoms with E-state index in [2.05, 4.69) is 0 Å². The lowest BCUT2D eigenvalue weighted by Gasteiger charge is -2.26. The summed E-state index contributed by atoms with van der Waals surface area (Å²) in [6.07, 6.45) is 0.299. The molecule has 0 fully saturated rings. The number of carbonyl (C=O) groups excluding carboxylic acids is 1. The molecule has 13 heavy (non-hydrogen) atoms. The summed E-state index contributed by atoms with van der Waals surface area (Å²) in [5.41, 5.74) is -0.326. The predicted molar refractivity (Wildman–Crippen MR) is 53.4 cm³/mol. The van der Waals surface area contributed by atoms with E-state index < -0.39 is 0 Å². The number of hydrogen-bond acceptors (Lipinski definition) is 2. The van der Waals surface area contributed by atoms with Crippen molar-refractivity contribution in [3.63, 3.8) is 0 Å². The fourth-order valence-corrected chi connectivity index (χ4v) is 1.05. The zero-order valence-corrected chi connectivity index (χ0v) is 9.29. The SMILES string of the molecule is CC(O)CCN(C)C(=O)C(C)(C)C. The first-order valence-corrected chi connectivity index (χ1v) is 4.68. The van der Waals surface area contributed by atoms with Gasteiger partial charge in [-0.3, -0.25) is 4.79 Å². The summed E-state index contributed by atoms with van der Waals surface area (Å²) >= 11 is 0. The highest BCUT2D eigenvalue weighted by Crippen LogP contribution is 2.16. The van der Waals surface area contributed by atoms with Gasteiger partial charge in [0.05, 0.1) is 6.10 Å². The number of nitrogens with zero attached hydrogens (tertiary/aromatic N) is 1. The third kappa shape index (κ3) is 4.88. The Kier molecular flexibility index (Phi) is 4.40. The van der Waals surface area contributed by atoms with Crippen LogP contribution in [0, 0.1) is 5.41 Å². The Morgan fingerprint density at radius 3 is 2.23 bits per heavy atom. The molecule has 0 heterocycles. The number of rotatable bonds is 3. The minimum Gasteiger partial charge on any atom is -0.393 e. The van der Waals surface area contributed by atoms with Crippen LogP contribution in [0.5, 0.6) is 0 Å². The molecule has 1 unspecified atom stereocenters.